The van der Waals surface area contributed by atoms with Gasteiger partial charge in [0.15, 0.2) is 0 Å². The number of hydrogen-bond acceptors (Lipinski definition) is 2. The number of rotatable bonds is 4. The molecule has 1 aromatic rings. The third-order valence-corrected chi connectivity index (χ3v) is 5.42. The summed E-state index contributed by atoms with van der Waals surface area (Å²) in [5.41, 5.74) is 0.493. The second kappa shape index (κ2) is 6.53. The maximum atomic E-state index is 11.9. The van der Waals surface area contributed by atoms with Gasteiger partial charge >= 0.3 is 5.97 Å². The van der Waals surface area contributed by atoms with Crippen LogP contribution in [0.1, 0.15) is 32.8 Å². The highest BCUT2D eigenvalue weighted by Gasteiger charge is 2.27. The fraction of sp³-hybridized carbons (Fsp3) is 0.462. The van der Waals surface area contributed by atoms with Gasteiger partial charge in [-0.3, -0.25) is 4.79 Å². The van der Waals surface area contributed by atoms with E-state index in [1.807, 2.05) is 32.9 Å². The van der Waals surface area contributed by atoms with E-state index in [9.17, 15) is 4.79 Å². The lowest BCUT2D eigenvalue weighted by atomic mass is 9.91. The number of ether oxygens (including phenoxy) is 1. The first-order valence-electron chi connectivity index (χ1n) is 5.58. The highest BCUT2D eigenvalue weighted by molar-refractivity contribution is 9.13. The Labute approximate surface area is 133 Å². The fourth-order valence-electron chi connectivity index (χ4n) is 1.20. The van der Waals surface area contributed by atoms with Crippen LogP contribution in [0.25, 0.3) is 0 Å². The van der Waals surface area contributed by atoms with Crippen molar-refractivity contribution >= 4 is 53.8 Å². The van der Waals surface area contributed by atoms with E-state index in [2.05, 4.69) is 47.8 Å². The highest BCUT2D eigenvalue weighted by atomic mass is 79.9. The van der Waals surface area contributed by atoms with Gasteiger partial charge in [-0.25, -0.2) is 0 Å². The maximum absolute atomic E-state index is 11.9. The minimum Gasteiger partial charge on any atom is -0.460 e. The van der Waals surface area contributed by atoms with E-state index in [1.54, 1.807) is 0 Å². The molecule has 0 aliphatic carbocycles. The second-order valence-electron chi connectivity index (χ2n) is 4.67. The number of benzene rings is 1. The van der Waals surface area contributed by atoms with E-state index >= 15 is 0 Å². The van der Waals surface area contributed by atoms with E-state index in [1.165, 1.54) is 0 Å². The molecule has 0 spiro atoms. The maximum Gasteiger partial charge on any atom is 0.311 e. The van der Waals surface area contributed by atoms with Gasteiger partial charge in [0.25, 0.3) is 0 Å². The van der Waals surface area contributed by atoms with Crippen molar-refractivity contribution < 1.29 is 9.53 Å². The van der Waals surface area contributed by atoms with E-state index in [-0.39, 0.29) is 12.6 Å². The van der Waals surface area contributed by atoms with Crippen LogP contribution >= 0.6 is 47.8 Å². The van der Waals surface area contributed by atoms with Crippen molar-refractivity contribution in [3.8, 4) is 0 Å². The minimum atomic E-state index is -0.435. The van der Waals surface area contributed by atoms with Crippen molar-refractivity contribution in [1.29, 1.82) is 0 Å². The monoisotopic (exact) mass is 440 g/mol. The molecular formula is C13H15Br3O2. The molecule has 0 aromatic heterocycles. The van der Waals surface area contributed by atoms with Crippen LogP contribution in [0.15, 0.2) is 25.6 Å². The normalized spacial score (nSPS) is 11.4. The van der Waals surface area contributed by atoms with Crippen LogP contribution < -0.4 is 0 Å². The summed E-state index contributed by atoms with van der Waals surface area (Å²) in [4.78, 5) is 11.9. The van der Waals surface area contributed by atoms with Gasteiger partial charge in [0.1, 0.15) is 6.61 Å². The first kappa shape index (κ1) is 16.2. The molecule has 0 saturated carbocycles. The number of hydrogen-bond donors (Lipinski definition) is 0. The summed E-state index contributed by atoms with van der Waals surface area (Å²) in [5, 5.41) is 0. The van der Waals surface area contributed by atoms with Crippen LogP contribution in [0.5, 0.6) is 0 Å². The Kier molecular flexibility index (Phi) is 5.87. The highest BCUT2D eigenvalue weighted by Crippen LogP contribution is 2.31. The van der Waals surface area contributed by atoms with Crippen molar-refractivity contribution in [3.63, 3.8) is 0 Å². The molecule has 0 radical (unpaired) electrons. The zero-order chi connectivity index (χ0) is 13.9. The van der Waals surface area contributed by atoms with Crippen LogP contribution in [0.3, 0.4) is 0 Å². The number of carbonyl (C=O) groups is 1. The van der Waals surface area contributed by atoms with Crippen LogP contribution in [0.4, 0.5) is 0 Å². The van der Waals surface area contributed by atoms with Crippen molar-refractivity contribution in [2.24, 2.45) is 5.41 Å². The summed E-state index contributed by atoms with van der Waals surface area (Å²) in [6, 6.07) is 3.87. The summed E-state index contributed by atoms with van der Waals surface area (Å²) in [6.45, 7) is 6.02. The van der Waals surface area contributed by atoms with Crippen molar-refractivity contribution in [2.45, 2.75) is 33.8 Å². The van der Waals surface area contributed by atoms with Crippen molar-refractivity contribution in [1.82, 2.24) is 0 Å². The Bertz CT molecular complexity index is 456. The summed E-state index contributed by atoms with van der Waals surface area (Å²) in [7, 11) is 0. The second-order valence-corrected chi connectivity index (χ2v) is 7.24. The van der Waals surface area contributed by atoms with Gasteiger partial charge < -0.3 is 4.74 Å². The molecule has 2 nitrogen and oxygen atoms in total. The van der Waals surface area contributed by atoms with Gasteiger partial charge in [-0.05, 0) is 64.3 Å². The van der Waals surface area contributed by atoms with Gasteiger partial charge in [0.05, 0.1) is 5.41 Å². The Morgan fingerprint density at radius 3 is 2.44 bits per heavy atom. The van der Waals surface area contributed by atoms with Crippen LogP contribution in [0.2, 0.25) is 0 Å². The van der Waals surface area contributed by atoms with Gasteiger partial charge in [0.2, 0.25) is 0 Å². The molecule has 0 saturated heterocycles. The van der Waals surface area contributed by atoms with Crippen LogP contribution in [-0.4, -0.2) is 5.97 Å². The summed E-state index contributed by atoms with van der Waals surface area (Å²) < 4.78 is 8.15. The molecule has 1 rings (SSSR count). The van der Waals surface area contributed by atoms with E-state index < -0.39 is 5.41 Å². The zero-order valence-electron chi connectivity index (χ0n) is 10.5. The molecule has 0 atom stereocenters. The summed E-state index contributed by atoms with van der Waals surface area (Å²) in [6.07, 6.45) is 0.759. The van der Waals surface area contributed by atoms with Crippen molar-refractivity contribution in [3.05, 3.63) is 31.1 Å². The average Bonchev–Trinajstić information content (AvgIpc) is 2.31. The van der Waals surface area contributed by atoms with E-state index in [4.69, 9.17) is 4.74 Å². The molecule has 0 N–H and O–H groups in total. The molecule has 18 heavy (non-hydrogen) atoms. The Hall–Kier alpha value is 0.130. The predicted octanol–water partition coefficient (Wildman–Crippen LogP) is 5.45. The molecule has 0 aliphatic heterocycles. The molecule has 0 amide bonds. The molecule has 0 bridgehead atoms. The molecular weight excluding hydrogens is 428 g/mol. The average molecular weight is 443 g/mol. The van der Waals surface area contributed by atoms with Gasteiger partial charge in [0, 0.05) is 19.0 Å². The fourth-order valence-corrected chi connectivity index (χ4v) is 2.85. The third-order valence-electron chi connectivity index (χ3n) is 2.86. The van der Waals surface area contributed by atoms with Gasteiger partial charge in [-0.2, -0.15) is 0 Å². The smallest absolute Gasteiger partial charge is 0.311 e. The standard InChI is InChI=1S/C13H15Br3O2/c1-4-13(2,3)12(17)18-7-8-5-9(14)6-10(15)11(8)16/h5-6H,4,7H2,1-3H3. The number of carbonyl (C=O) groups excluding carboxylic acids is 1. The molecule has 0 heterocycles. The molecule has 0 aliphatic rings. The molecule has 1 aromatic carbocycles. The lowest BCUT2D eigenvalue weighted by Crippen LogP contribution is -2.25. The number of esters is 1. The Morgan fingerprint density at radius 1 is 1.28 bits per heavy atom. The summed E-state index contributed by atoms with van der Waals surface area (Å²) in [5.74, 6) is -0.173. The lowest BCUT2D eigenvalue weighted by Gasteiger charge is -2.20. The molecule has 0 unspecified atom stereocenters. The number of halogens is 3. The molecule has 0 fully saturated rings. The first-order valence-corrected chi connectivity index (χ1v) is 7.96. The largest absolute Gasteiger partial charge is 0.460 e. The molecule has 5 heteroatoms. The summed E-state index contributed by atoms with van der Waals surface area (Å²) >= 11 is 10.3. The van der Waals surface area contributed by atoms with E-state index in [0.717, 1.165) is 25.4 Å². The zero-order valence-corrected chi connectivity index (χ0v) is 15.3. The van der Waals surface area contributed by atoms with Crippen LogP contribution in [0, 0.1) is 5.41 Å². The van der Waals surface area contributed by atoms with Crippen LogP contribution in [-0.2, 0) is 16.1 Å². The third kappa shape index (κ3) is 4.07. The predicted molar refractivity (Wildman–Crippen MR) is 83.4 cm³/mol. The lowest BCUT2D eigenvalue weighted by molar-refractivity contribution is -0.155. The quantitative estimate of drug-likeness (QED) is 0.457. The van der Waals surface area contributed by atoms with Crippen molar-refractivity contribution in [2.75, 3.05) is 0 Å². The minimum absolute atomic E-state index is 0.173. The van der Waals surface area contributed by atoms with Gasteiger partial charge in [-0.1, -0.05) is 22.9 Å². The van der Waals surface area contributed by atoms with Gasteiger partial charge in [-0.15, -0.1) is 0 Å². The first-order chi connectivity index (χ1) is 8.27. The topological polar surface area (TPSA) is 26.3 Å². The Balaban J connectivity index is 2.79. The SMILES string of the molecule is CCC(C)(C)C(=O)OCc1cc(Br)cc(Br)c1Br. The molecule has 100 valence electrons. The van der Waals surface area contributed by atoms with E-state index in [0.29, 0.717) is 0 Å². The Morgan fingerprint density at radius 2 is 1.89 bits per heavy atom.